The predicted octanol–water partition coefficient (Wildman–Crippen LogP) is -1.16. The van der Waals surface area contributed by atoms with Crippen LogP contribution in [0.15, 0.2) is 9.95 Å². The maximum absolute atomic E-state index is 11.3. The number of nitrogens with zero attached hydrogens (tertiary/aromatic N) is 2. The number of hydrogen-bond acceptors (Lipinski definition) is 6. The number of H-pyrrole nitrogens is 1. The smallest absolute Gasteiger partial charge is 0.404 e. The molecule has 17 heavy (non-hydrogen) atoms. The van der Waals surface area contributed by atoms with Gasteiger partial charge in [0.05, 0.1) is 12.3 Å². The number of carbonyl (C=O) groups excluding carboxylic acids is 1. The Bertz CT molecular complexity index is 467. The van der Waals surface area contributed by atoms with E-state index in [0.29, 0.717) is 0 Å². The zero-order valence-electron chi connectivity index (χ0n) is 8.58. The highest BCUT2D eigenvalue weighted by molar-refractivity contribution is 7.99. The summed E-state index contributed by atoms with van der Waals surface area (Å²) in [5, 5.41) is 14.5. The van der Waals surface area contributed by atoms with Gasteiger partial charge in [0.15, 0.2) is 5.16 Å². The first kappa shape index (κ1) is 13.1. The van der Waals surface area contributed by atoms with Crippen LogP contribution in [0.2, 0.25) is 0 Å². The van der Waals surface area contributed by atoms with Gasteiger partial charge in [-0.25, -0.2) is 14.7 Å². The molecule has 9 nitrogen and oxygen atoms in total. The molecule has 10 heteroatoms. The van der Waals surface area contributed by atoms with Crippen molar-refractivity contribution >= 4 is 23.8 Å². The Balaban J connectivity index is 2.62. The van der Waals surface area contributed by atoms with Crippen LogP contribution in [-0.2, 0) is 16.1 Å². The van der Waals surface area contributed by atoms with Crippen molar-refractivity contribution in [1.82, 2.24) is 14.8 Å². The molecule has 0 aliphatic rings. The van der Waals surface area contributed by atoms with E-state index in [0.717, 1.165) is 16.3 Å². The number of aromatic amines is 1. The SMILES string of the molecule is NC(=O)OCCn1c(SCC(=O)O)n[nH]c1=O. The summed E-state index contributed by atoms with van der Waals surface area (Å²) in [4.78, 5) is 32.0. The second-order valence-electron chi connectivity index (χ2n) is 2.81. The summed E-state index contributed by atoms with van der Waals surface area (Å²) in [6.45, 7) is -0.0321. The molecule has 1 aromatic heterocycles. The average molecular weight is 262 g/mol. The number of thioether (sulfide) groups is 1. The van der Waals surface area contributed by atoms with E-state index >= 15 is 0 Å². The van der Waals surface area contributed by atoms with Crippen LogP contribution >= 0.6 is 11.8 Å². The number of aromatic nitrogens is 3. The first-order chi connectivity index (χ1) is 8.00. The Kier molecular flexibility index (Phi) is 4.57. The van der Waals surface area contributed by atoms with E-state index in [-0.39, 0.29) is 24.1 Å². The molecule has 0 radical (unpaired) electrons. The van der Waals surface area contributed by atoms with Crippen molar-refractivity contribution < 1.29 is 19.4 Å². The summed E-state index contributed by atoms with van der Waals surface area (Å²) in [5.41, 5.74) is 4.24. The third-order valence-corrected chi connectivity index (χ3v) is 2.57. The molecule has 0 unspecified atom stereocenters. The number of amides is 1. The summed E-state index contributed by atoms with van der Waals surface area (Å²) in [6.07, 6.45) is -0.943. The Morgan fingerprint density at radius 2 is 2.29 bits per heavy atom. The van der Waals surface area contributed by atoms with Crippen LogP contribution in [-0.4, -0.2) is 44.3 Å². The molecule has 0 saturated heterocycles. The number of primary amides is 1. The predicted molar refractivity (Wildman–Crippen MR) is 56.7 cm³/mol. The fraction of sp³-hybridized carbons (Fsp3) is 0.429. The lowest BCUT2D eigenvalue weighted by atomic mass is 10.7. The molecule has 0 fully saturated rings. The fourth-order valence-corrected chi connectivity index (χ4v) is 1.67. The number of carboxylic acids is 1. The number of carboxylic acid groups (broad SMARTS) is 1. The quantitative estimate of drug-likeness (QED) is 0.549. The Labute approximate surface area is 98.9 Å². The van der Waals surface area contributed by atoms with Gasteiger partial charge in [-0.05, 0) is 0 Å². The van der Waals surface area contributed by atoms with E-state index in [2.05, 4.69) is 14.9 Å². The van der Waals surface area contributed by atoms with Gasteiger partial charge in [-0.15, -0.1) is 5.10 Å². The minimum absolute atomic E-state index is 0.0558. The van der Waals surface area contributed by atoms with E-state index in [1.165, 1.54) is 0 Å². The molecule has 0 saturated carbocycles. The molecule has 1 aromatic rings. The Morgan fingerprint density at radius 3 is 2.88 bits per heavy atom. The standard InChI is InChI=1S/C7H10N4O5S/c8-5(14)16-2-1-11-6(15)9-10-7(11)17-3-4(12)13/h1-3H2,(H2,8,14)(H,9,15)(H,12,13). The van der Waals surface area contributed by atoms with Crippen molar-refractivity contribution in [2.75, 3.05) is 12.4 Å². The molecule has 4 N–H and O–H groups in total. The average Bonchev–Trinajstić information content (AvgIpc) is 2.57. The number of hydrogen-bond donors (Lipinski definition) is 3. The van der Waals surface area contributed by atoms with Crippen molar-refractivity contribution in [2.24, 2.45) is 5.73 Å². The van der Waals surface area contributed by atoms with Gasteiger partial charge in [0.25, 0.3) is 0 Å². The first-order valence-corrected chi connectivity index (χ1v) is 5.41. The van der Waals surface area contributed by atoms with Gasteiger partial charge in [-0.3, -0.25) is 9.36 Å². The zero-order chi connectivity index (χ0) is 12.8. The molecule has 0 aliphatic carbocycles. The molecule has 0 spiro atoms. The lowest BCUT2D eigenvalue weighted by Gasteiger charge is -2.04. The van der Waals surface area contributed by atoms with Gasteiger partial charge < -0.3 is 15.6 Å². The molecule has 0 aliphatic heterocycles. The second-order valence-corrected chi connectivity index (χ2v) is 3.76. The maximum atomic E-state index is 11.3. The lowest BCUT2D eigenvalue weighted by molar-refractivity contribution is -0.133. The van der Waals surface area contributed by atoms with Crippen molar-refractivity contribution in [1.29, 1.82) is 0 Å². The number of nitrogens with one attached hydrogen (secondary N) is 1. The largest absolute Gasteiger partial charge is 0.481 e. The third-order valence-electron chi connectivity index (χ3n) is 1.61. The van der Waals surface area contributed by atoms with Gasteiger partial charge in [0, 0.05) is 0 Å². The van der Waals surface area contributed by atoms with Crippen LogP contribution in [0.4, 0.5) is 4.79 Å². The van der Waals surface area contributed by atoms with Gasteiger partial charge in [0.1, 0.15) is 6.61 Å². The molecule has 0 aromatic carbocycles. The monoisotopic (exact) mass is 262 g/mol. The van der Waals surface area contributed by atoms with Crippen LogP contribution in [0.25, 0.3) is 0 Å². The molecule has 0 atom stereocenters. The normalized spacial score (nSPS) is 10.1. The summed E-state index contributed by atoms with van der Waals surface area (Å²) in [6, 6.07) is 0. The van der Waals surface area contributed by atoms with E-state index in [1.807, 2.05) is 0 Å². The first-order valence-electron chi connectivity index (χ1n) is 4.42. The van der Waals surface area contributed by atoms with Crippen LogP contribution in [0.5, 0.6) is 0 Å². The van der Waals surface area contributed by atoms with Crippen molar-refractivity contribution in [3.8, 4) is 0 Å². The summed E-state index contributed by atoms with van der Waals surface area (Å²) >= 11 is 0.884. The Morgan fingerprint density at radius 1 is 1.59 bits per heavy atom. The van der Waals surface area contributed by atoms with Gasteiger partial charge >= 0.3 is 17.8 Å². The highest BCUT2D eigenvalue weighted by atomic mass is 32.2. The highest BCUT2D eigenvalue weighted by Crippen LogP contribution is 2.12. The van der Waals surface area contributed by atoms with Crippen LogP contribution in [0, 0.1) is 0 Å². The summed E-state index contributed by atoms with van der Waals surface area (Å²) in [5.74, 6) is -1.24. The molecular formula is C7H10N4O5S. The van der Waals surface area contributed by atoms with Crippen molar-refractivity contribution in [3.63, 3.8) is 0 Å². The summed E-state index contributed by atoms with van der Waals surface area (Å²) < 4.78 is 5.63. The molecule has 94 valence electrons. The molecular weight excluding hydrogens is 252 g/mol. The van der Waals surface area contributed by atoms with E-state index in [4.69, 9.17) is 10.8 Å². The van der Waals surface area contributed by atoms with Crippen LogP contribution in [0.3, 0.4) is 0 Å². The maximum Gasteiger partial charge on any atom is 0.404 e. The summed E-state index contributed by atoms with van der Waals surface area (Å²) in [7, 11) is 0. The Hall–Kier alpha value is -1.97. The van der Waals surface area contributed by atoms with E-state index < -0.39 is 17.8 Å². The molecule has 0 bridgehead atoms. The van der Waals surface area contributed by atoms with E-state index in [1.54, 1.807) is 0 Å². The van der Waals surface area contributed by atoms with Crippen LogP contribution < -0.4 is 11.4 Å². The number of ether oxygens (including phenoxy) is 1. The minimum atomic E-state index is -1.02. The molecule has 1 amide bonds. The molecule has 1 rings (SSSR count). The number of aliphatic carboxylic acids is 1. The van der Waals surface area contributed by atoms with E-state index in [9.17, 15) is 14.4 Å². The number of rotatable bonds is 6. The number of carbonyl (C=O) groups is 2. The van der Waals surface area contributed by atoms with Gasteiger partial charge in [-0.1, -0.05) is 11.8 Å². The fourth-order valence-electron chi connectivity index (χ4n) is 0.974. The lowest BCUT2D eigenvalue weighted by Crippen LogP contribution is -2.23. The van der Waals surface area contributed by atoms with Crippen LogP contribution in [0.1, 0.15) is 0 Å². The van der Waals surface area contributed by atoms with Gasteiger partial charge in [0.2, 0.25) is 0 Å². The second kappa shape index (κ2) is 5.94. The third kappa shape index (κ3) is 4.18. The number of nitrogens with two attached hydrogens (primary N) is 1. The topological polar surface area (TPSA) is 140 Å². The molecule has 1 heterocycles. The minimum Gasteiger partial charge on any atom is -0.481 e. The highest BCUT2D eigenvalue weighted by Gasteiger charge is 2.10. The zero-order valence-corrected chi connectivity index (χ0v) is 9.40. The van der Waals surface area contributed by atoms with Crippen molar-refractivity contribution in [3.05, 3.63) is 10.5 Å². The van der Waals surface area contributed by atoms with Crippen molar-refractivity contribution in [2.45, 2.75) is 11.7 Å². The van der Waals surface area contributed by atoms with Gasteiger partial charge in [-0.2, -0.15) is 0 Å².